The van der Waals surface area contributed by atoms with E-state index in [2.05, 4.69) is 15.2 Å². The number of hydrogen-bond acceptors (Lipinski definition) is 10. The van der Waals surface area contributed by atoms with Crippen LogP contribution in [-0.2, 0) is 11.3 Å². The highest BCUT2D eigenvalue weighted by atomic mass is 32.2. The van der Waals surface area contributed by atoms with Crippen LogP contribution in [0.2, 0.25) is 0 Å². The van der Waals surface area contributed by atoms with Crippen molar-refractivity contribution in [3.8, 4) is 0 Å². The van der Waals surface area contributed by atoms with E-state index in [1.54, 1.807) is 11.8 Å². The van der Waals surface area contributed by atoms with Gasteiger partial charge in [-0.1, -0.05) is 41.8 Å². The van der Waals surface area contributed by atoms with E-state index < -0.39 is 17.0 Å². The molecule has 25 heavy (non-hydrogen) atoms. The number of ketones is 1. The smallest absolute Gasteiger partial charge is 0.330 e. The molecule has 0 radical (unpaired) electrons. The van der Waals surface area contributed by atoms with Gasteiger partial charge in [0.25, 0.3) is 5.56 Å². The van der Waals surface area contributed by atoms with Crippen LogP contribution in [0.3, 0.4) is 0 Å². The van der Waals surface area contributed by atoms with Crippen molar-refractivity contribution in [3.63, 3.8) is 0 Å². The van der Waals surface area contributed by atoms with E-state index in [1.807, 2.05) is 6.92 Å². The maximum atomic E-state index is 12.4. The van der Waals surface area contributed by atoms with Gasteiger partial charge in [0.2, 0.25) is 0 Å². The van der Waals surface area contributed by atoms with Crippen LogP contribution in [0.5, 0.6) is 0 Å². The number of hydrogen-bond donors (Lipinski definition) is 2. The Morgan fingerprint density at radius 2 is 2.00 bits per heavy atom. The summed E-state index contributed by atoms with van der Waals surface area (Å²) in [7, 11) is 1.47. The average molecular weight is 404 g/mol. The first-order chi connectivity index (χ1) is 12.0. The summed E-state index contributed by atoms with van der Waals surface area (Å²) < 4.78 is 7.47. The van der Waals surface area contributed by atoms with Gasteiger partial charge in [-0.05, 0) is 5.75 Å². The predicted octanol–water partition coefficient (Wildman–Crippen LogP) is 0.704. The van der Waals surface area contributed by atoms with Gasteiger partial charge in [0.05, 0.1) is 18.9 Å². The van der Waals surface area contributed by atoms with Crippen molar-refractivity contribution in [1.29, 1.82) is 0 Å². The fourth-order valence-corrected chi connectivity index (χ4v) is 4.69. The lowest BCUT2D eigenvalue weighted by Crippen LogP contribution is -2.37. The quantitative estimate of drug-likeness (QED) is 0.458. The van der Waals surface area contributed by atoms with Crippen LogP contribution in [-0.4, -0.2) is 50.8 Å². The number of ether oxygens (including phenoxy) is 1. The van der Waals surface area contributed by atoms with E-state index in [4.69, 9.17) is 10.5 Å². The molecule has 9 nitrogen and oxygen atoms in total. The normalized spacial score (nSPS) is 11.0. The third kappa shape index (κ3) is 4.93. The molecular weight excluding hydrogens is 386 g/mol. The maximum absolute atomic E-state index is 12.4. The molecule has 0 atom stereocenters. The van der Waals surface area contributed by atoms with Gasteiger partial charge in [-0.15, -0.1) is 10.2 Å². The van der Waals surface area contributed by atoms with E-state index >= 15 is 0 Å². The van der Waals surface area contributed by atoms with E-state index in [0.717, 1.165) is 14.7 Å². The van der Waals surface area contributed by atoms with Gasteiger partial charge in [0.15, 0.2) is 14.5 Å². The number of anilines is 1. The van der Waals surface area contributed by atoms with Crippen LogP contribution < -0.4 is 17.0 Å². The van der Waals surface area contributed by atoms with Crippen molar-refractivity contribution < 1.29 is 9.53 Å². The number of nitrogens with zero attached hydrogens (tertiary/aromatic N) is 3. The van der Waals surface area contributed by atoms with Gasteiger partial charge in [-0.25, -0.2) is 4.79 Å². The number of thioether (sulfide) groups is 2. The van der Waals surface area contributed by atoms with Crippen LogP contribution in [0, 0.1) is 0 Å². The van der Waals surface area contributed by atoms with Gasteiger partial charge >= 0.3 is 5.69 Å². The predicted molar refractivity (Wildman–Crippen MR) is 99.0 cm³/mol. The van der Waals surface area contributed by atoms with Crippen LogP contribution in [0.4, 0.5) is 5.82 Å². The standard InChI is InChI=1S/C13H17N5O4S3/c1-3-23-12-16-17-13(25-12)24-6-7(19)8-9(14)18(4-5-22-2)11(21)15-10(8)20/h3-6,14H2,1-2H3,(H,15,20,21). The summed E-state index contributed by atoms with van der Waals surface area (Å²) in [5.74, 6) is 0.222. The maximum Gasteiger partial charge on any atom is 0.330 e. The molecule has 0 aliphatic carbocycles. The van der Waals surface area contributed by atoms with Gasteiger partial charge in [0, 0.05) is 7.11 Å². The van der Waals surface area contributed by atoms with Crippen LogP contribution in [0.25, 0.3) is 0 Å². The number of carbonyl (C=O) groups excluding carboxylic acids is 1. The molecule has 0 saturated carbocycles. The van der Waals surface area contributed by atoms with Crippen molar-refractivity contribution >= 4 is 46.5 Å². The number of nitrogens with two attached hydrogens (primary N) is 1. The van der Waals surface area contributed by atoms with Crippen molar-refractivity contribution in [1.82, 2.24) is 19.7 Å². The minimum absolute atomic E-state index is 0.0266. The molecule has 0 saturated heterocycles. The lowest BCUT2D eigenvalue weighted by atomic mass is 10.2. The highest BCUT2D eigenvalue weighted by molar-refractivity contribution is 8.03. The van der Waals surface area contributed by atoms with Crippen LogP contribution in [0.1, 0.15) is 17.3 Å². The molecule has 0 aliphatic heterocycles. The molecule has 136 valence electrons. The van der Waals surface area contributed by atoms with E-state index in [1.165, 1.54) is 30.2 Å². The zero-order valence-electron chi connectivity index (χ0n) is 13.6. The number of nitrogens with one attached hydrogen (secondary N) is 1. The Labute approximate surface area is 155 Å². The molecule has 12 heteroatoms. The molecule has 0 fully saturated rings. The number of rotatable bonds is 9. The second kappa shape index (κ2) is 9.17. The van der Waals surface area contributed by atoms with Gasteiger partial charge < -0.3 is 10.5 Å². The van der Waals surface area contributed by atoms with E-state index in [9.17, 15) is 14.4 Å². The lowest BCUT2D eigenvalue weighted by Gasteiger charge is -2.11. The molecule has 0 aromatic carbocycles. The lowest BCUT2D eigenvalue weighted by molar-refractivity contribution is 0.102. The average Bonchev–Trinajstić information content (AvgIpc) is 3.00. The summed E-state index contributed by atoms with van der Waals surface area (Å²) in [6.45, 7) is 2.37. The number of Topliss-reactive ketones (excluding diaryl/α,β-unsaturated/α-hetero) is 1. The Hall–Kier alpha value is -1.63. The number of methoxy groups -OCH3 is 1. The zero-order chi connectivity index (χ0) is 18.4. The number of nitrogen functional groups attached to an aromatic ring is 1. The molecule has 0 bridgehead atoms. The molecule has 2 aromatic rings. The first kappa shape index (κ1) is 19.7. The Kier molecular flexibility index (Phi) is 7.23. The molecule has 2 heterocycles. The summed E-state index contributed by atoms with van der Waals surface area (Å²) in [6, 6.07) is 0. The van der Waals surface area contributed by atoms with Crippen molar-refractivity contribution in [2.45, 2.75) is 22.1 Å². The van der Waals surface area contributed by atoms with Crippen LogP contribution in [0.15, 0.2) is 18.3 Å². The minimum atomic E-state index is -0.791. The second-order valence-corrected chi connectivity index (χ2v) is 8.35. The molecule has 0 aliphatic rings. The van der Waals surface area contributed by atoms with Crippen molar-refractivity contribution in [2.24, 2.45) is 0 Å². The summed E-state index contributed by atoms with van der Waals surface area (Å²) in [4.78, 5) is 38.3. The molecule has 0 unspecified atom stereocenters. The SMILES string of the molecule is CCSc1nnc(SCC(=O)c2c(N)n(CCOC)c(=O)[nH]c2=O)s1. The van der Waals surface area contributed by atoms with Crippen LogP contribution >= 0.6 is 34.9 Å². The Morgan fingerprint density at radius 3 is 2.64 bits per heavy atom. The Bertz CT molecular complexity index is 860. The number of aromatic amines is 1. The van der Waals surface area contributed by atoms with Crippen molar-refractivity contribution in [3.05, 3.63) is 26.4 Å². The summed E-state index contributed by atoms with van der Waals surface area (Å²) in [5, 5.41) is 7.99. The number of carbonyl (C=O) groups is 1. The number of H-pyrrole nitrogens is 1. The fraction of sp³-hybridized carbons (Fsp3) is 0.462. The molecule has 2 aromatic heterocycles. The summed E-state index contributed by atoms with van der Waals surface area (Å²) in [5.41, 5.74) is 4.18. The summed E-state index contributed by atoms with van der Waals surface area (Å²) in [6.07, 6.45) is 0. The van der Waals surface area contributed by atoms with Gasteiger partial charge in [0.1, 0.15) is 11.4 Å². The Morgan fingerprint density at radius 1 is 1.32 bits per heavy atom. The van der Waals surface area contributed by atoms with E-state index in [-0.39, 0.29) is 30.3 Å². The highest BCUT2D eigenvalue weighted by Crippen LogP contribution is 2.28. The molecule has 2 rings (SSSR count). The third-order valence-corrected chi connectivity index (χ3v) is 6.09. The Balaban J connectivity index is 2.17. The molecular formula is C13H17N5O4S3. The van der Waals surface area contributed by atoms with Crippen molar-refractivity contribution in [2.75, 3.05) is 31.0 Å². The zero-order valence-corrected chi connectivity index (χ0v) is 16.1. The minimum Gasteiger partial charge on any atom is -0.384 e. The fourth-order valence-electron chi connectivity index (χ4n) is 1.90. The highest BCUT2D eigenvalue weighted by Gasteiger charge is 2.20. The number of aromatic nitrogens is 4. The topological polar surface area (TPSA) is 133 Å². The second-order valence-electron chi connectivity index (χ2n) is 4.64. The largest absolute Gasteiger partial charge is 0.384 e. The molecule has 3 N–H and O–H groups in total. The third-order valence-electron chi connectivity index (χ3n) is 3.02. The molecule has 0 amide bonds. The first-order valence-corrected chi connectivity index (χ1v) is 10.0. The summed E-state index contributed by atoms with van der Waals surface area (Å²) >= 11 is 4.12. The first-order valence-electron chi connectivity index (χ1n) is 7.21. The van der Waals surface area contributed by atoms with E-state index in [0.29, 0.717) is 4.34 Å². The van der Waals surface area contributed by atoms with Gasteiger partial charge in [-0.3, -0.25) is 19.1 Å². The monoisotopic (exact) mass is 403 g/mol. The molecule has 0 spiro atoms. The van der Waals surface area contributed by atoms with Gasteiger partial charge in [-0.2, -0.15) is 0 Å².